The van der Waals surface area contributed by atoms with Crippen LogP contribution in [0, 0.1) is 5.92 Å². The van der Waals surface area contributed by atoms with Crippen molar-refractivity contribution in [3.05, 3.63) is 24.3 Å². The van der Waals surface area contributed by atoms with Crippen LogP contribution < -0.4 is 0 Å². The van der Waals surface area contributed by atoms with Gasteiger partial charge in [-0.05, 0) is 44.9 Å². The fourth-order valence-electron chi connectivity index (χ4n) is 4.90. The van der Waals surface area contributed by atoms with E-state index in [0.717, 1.165) is 51.4 Å². The minimum Gasteiger partial charge on any atom is -0.481 e. The van der Waals surface area contributed by atoms with Crippen LogP contribution in [0.4, 0.5) is 0 Å². The van der Waals surface area contributed by atoms with Gasteiger partial charge in [0.2, 0.25) is 0 Å². The molecule has 0 amide bonds. The summed E-state index contributed by atoms with van der Waals surface area (Å²) < 4.78 is 0. The summed E-state index contributed by atoms with van der Waals surface area (Å²) in [5.41, 5.74) is 0. The Kier molecular flexibility index (Phi) is 28.1. The quantitative estimate of drug-likeness (QED) is 0.0608. The minimum atomic E-state index is -0.926. The highest BCUT2D eigenvalue weighted by molar-refractivity contribution is 5.98. The molecule has 0 saturated carbocycles. The number of carboxylic acid groups (broad SMARTS) is 1. The van der Waals surface area contributed by atoms with E-state index < -0.39 is 11.9 Å². The number of carbonyl (C=O) groups is 2. The molecular formula is C34H62O3. The van der Waals surface area contributed by atoms with E-state index in [9.17, 15) is 14.7 Å². The van der Waals surface area contributed by atoms with Crippen molar-refractivity contribution >= 4 is 11.8 Å². The zero-order chi connectivity index (χ0) is 27.2. The molecule has 0 fully saturated rings. The number of Topliss-reactive ketones (excluding diaryl/α,β-unsaturated/α-hetero) is 1. The standard InChI is InChI=1S/C34H62O3/c1-3-5-7-9-11-13-15-17-19-20-22-24-26-28-30-32(34(36)37)33(35)31-29-27-25-23-21-18-16-14-12-10-8-6-4-2/h11,13,17,19,32H,3-10,12,14-16,18,20-31H2,1-2H3,(H,36,37)/b13-11-,19-17-. The Hall–Kier alpha value is -1.38. The topological polar surface area (TPSA) is 54.4 Å². The molecule has 0 radical (unpaired) electrons. The van der Waals surface area contributed by atoms with E-state index in [2.05, 4.69) is 38.2 Å². The van der Waals surface area contributed by atoms with Gasteiger partial charge in [-0.1, -0.05) is 147 Å². The predicted molar refractivity (Wildman–Crippen MR) is 161 cm³/mol. The third-order valence-corrected chi connectivity index (χ3v) is 7.41. The van der Waals surface area contributed by atoms with Gasteiger partial charge in [-0.25, -0.2) is 0 Å². The third kappa shape index (κ3) is 26.0. The molecule has 3 nitrogen and oxygen atoms in total. The van der Waals surface area contributed by atoms with Crippen LogP contribution in [-0.2, 0) is 9.59 Å². The molecule has 0 aromatic heterocycles. The van der Waals surface area contributed by atoms with Crippen LogP contribution in [0.25, 0.3) is 0 Å². The second kappa shape index (κ2) is 29.2. The van der Waals surface area contributed by atoms with E-state index in [1.165, 1.54) is 96.3 Å². The molecule has 1 unspecified atom stereocenters. The largest absolute Gasteiger partial charge is 0.481 e. The molecule has 1 atom stereocenters. The van der Waals surface area contributed by atoms with Gasteiger partial charge in [0.15, 0.2) is 0 Å². The van der Waals surface area contributed by atoms with E-state index in [0.29, 0.717) is 12.8 Å². The maximum Gasteiger partial charge on any atom is 0.314 e. The van der Waals surface area contributed by atoms with Crippen molar-refractivity contribution in [3.8, 4) is 0 Å². The first-order valence-corrected chi connectivity index (χ1v) is 16.2. The predicted octanol–water partition coefficient (Wildman–Crippen LogP) is 11.2. The van der Waals surface area contributed by atoms with Crippen molar-refractivity contribution in [3.63, 3.8) is 0 Å². The SMILES string of the molecule is CCCCC/C=C\C/C=C\CCCCCCC(C(=O)O)C(=O)CCCCCCCCCCCCCCC. The first kappa shape index (κ1) is 35.6. The highest BCUT2D eigenvalue weighted by Crippen LogP contribution is 2.18. The second-order valence-corrected chi connectivity index (χ2v) is 11.0. The lowest BCUT2D eigenvalue weighted by atomic mass is 9.93. The van der Waals surface area contributed by atoms with Crippen molar-refractivity contribution < 1.29 is 14.7 Å². The summed E-state index contributed by atoms with van der Waals surface area (Å²) in [5.74, 6) is -1.77. The third-order valence-electron chi connectivity index (χ3n) is 7.41. The van der Waals surface area contributed by atoms with Gasteiger partial charge in [-0.15, -0.1) is 0 Å². The lowest BCUT2D eigenvalue weighted by Gasteiger charge is -2.11. The van der Waals surface area contributed by atoms with Gasteiger partial charge >= 0.3 is 5.97 Å². The molecule has 3 heteroatoms. The normalized spacial score (nSPS) is 12.6. The van der Waals surface area contributed by atoms with E-state index in [4.69, 9.17) is 0 Å². The summed E-state index contributed by atoms with van der Waals surface area (Å²) in [6.45, 7) is 4.50. The Morgan fingerprint density at radius 1 is 0.541 bits per heavy atom. The van der Waals surface area contributed by atoms with Crippen LogP contribution >= 0.6 is 0 Å². The molecule has 0 rings (SSSR count). The van der Waals surface area contributed by atoms with E-state index in [1.54, 1.807) is 0 Å². The Balaban J connectivity index is 3.66. The minimum absolute atomic E-state index is 0.0544. The molecule has 216 valence electrons. The monoisotopic (exact) mass is 518 g/mol. The second-order valence-electron chi connectivity index (χ2n) is 11.0. The number of rotatable bonds is 29. The molecule has 0 saturated heterocycles. The molecule has 0 aromatic carbocycles. The average Bonchev–Trinajstić information content (AvgIpc) is 2.88. The highest BCUT2D eigenvalue weighted by atomic mass is 16.4. The lowest BCUT2D eigenvalue weighted by molar-refractivity contribution is -0.146. The van der Waals surface area contributed by atoms with Gasteiger partial charge in [0.25, 0.3) is 0 Å². The molecule has 0 bridgehead atoms. The van der Waals surface area contributed by atoms with Crippen LogP contribution in [0.3, 0.4) is 0 Å². The highest BCUT2D eigenvalue weighted by Gasteiger charge is 2.24. The van der Waals surface area contributed by atoms with Crippen LogP contribution in [0.5, 0.6) is 0 Å². The first-order chi connectivity index (χ1) is 18.1. The number of carbonyl (C=O) groups excluding carboxylic acids is 1. The van der Waals surface area contributed by atoms with Crippen LogP contribution in [0.2, 0.25) is 0 Å². The zero-order valence-electron chi connectivity index (χ0n) is 24.8. The molecule has 0 aromatic rings. The number of unbranched alkanes of at least 4 members (excludes halogenated alkanes) is 19. The van der Waals surface area contributed by atoms with E-state index in [1.807, 2.05) is 0 Å². The van der Waals surface area contributed by atoms with Crippen LogP contribution in [0.1, 0.15) is 174 Å². The van der Waals surface area contributed by atoms with Crippen molar-refractivity contribution in [2.24, 2.45) is 5.92 Å². The molecule has 0 aliphatic heterocycles. The fraction of sp³-hybridized carbons (Fsp3) is 0.824. The molecule has 37 heavy (non-hydrogen) atoms. The van der Waals surface area contributed by atoms with Gasteiger partial charge < -0.3 is 5.11 Å². The number of allylic oxidation sites excluding steroid dienone is 4. The Bertz CT molecular complexity index is 563. The summed E-state index contributed by atoms with van der Waals surface area (Å²) in [4.78, 5) is 24.1. The number of hydrogen-bond donors (Lipinski definition) is 1. The smallest absolute Gasteiger partial charge is 0.314 e. The maximum atomic E-state index is 12.5. The molecule has 0 aliphatic carbocycles. The van der Waals surface area contributed by atoms with Gasteiger partial charge in [0.05, 0.1) is 0 Å². The fourth-order valence-corrected chi connectivity index (χ4v) is 4.90. The summed E-state index contributed by atoms with van der Waals surface area (Å²) in [6, 6.07) is 0. The number of carboxylic acids is 1. The molecule has 0 aliphatic rings. The van der Waals surface area contributed by atoms with E-state index >= 15 is 0 Å². The molecular weight excluding hydrogens is 456 g/mol. The summed E-state index contributed by atoms with van der Waals surface area (Å²) in [6.07, 6.45) is 37.9. The van der Waals surface area contributed by atoms with Crippen LogP contribution in [0.15, 0.2) is 24.3 Å². The van der Waals surface area contributed by atoms with E-state index in [-0.39, 0.29) is 5.78 Å². The van der Waals surface area contributed by atoms with Gasteiger partial charge in [-0.2, -0.15) is 0 Å². The first-order valence-electron chi connectivity index (χ1n) is 16.2. The Labute approximate surface area is 231 Å². The summed E-state index contributed by atoms with van der Waals surface area (Å²) >= 11 is 0. The number of aliphatic carboxylic acids is 1. The zero-order valence-corrected chi connectivity index (χ0v) is 24.8. The number of hydrogen-bond acceptors (Lipinski definition) is 2. The van der Waals surface area contributed by atoms with Gasteiger partial charge in [0.1, 0.15) is 11.7 Å². The Morgan fingerprint density at radius 3 is 1.46 bits per heavy atom. The summed E-state index contributed by atoms with van der Waals surface area (Å²) in [5, 5.41) is 9.52. The molecule has 0 heterocycles. The summed E-state index contributed by atoms with van der Waals surface area (Å²) in [7, 11) is 0. The Morgan fingerprint density at radius 2 is 0.946 bits per heavy atom. The average molecular weight is 519 g/mol. The lowest BCUT2D eigenvalue weighted by Crippen LogP contribution is -2.23. The van der Waals surface area contributed by atoms with Crippen molar-refractivity contribution in [1.29, 1.82) is 0 Å². The van der Waals surface area contributed by atoms with Gasteiger partial charge in [0, 0.05) is 6.42 Å². The molecule has 0 spiro atoms. The van der Waals surface area contributed by atoms with Crippen molar-refractivity contribution in [1.82, 2.24) is 0 Å². The molecule has 1 N–H and O–H groups in total. The maximum absolute atomic E-state index is 12.5. The number of ketones is 1. The van der Waals surface area contributed by atoms with Gasteiger partial charge in [-0.3, -0.25) is 9.59 Å². The van der Waals surface area contributed by atoms with Crippen molar-refractivity contribution in [2.45, 2.75) is 174 Å². The van der Waals surface area contributed by atoms with Crippen molar-refractivity contribution in [2.75, 3.05) is 0 Å². The van der Waals surface area contributed by atoms with Crippen LogP contribution in [-0.4, -0.2) is 16.9 Å².